The maximum Gasteiger partial charge on any atom is 0.254 e. The number of aryl methyl sites for hydroxylation is 1. The number of unbranched alkanes of at least 4 members (excludes halogenated alkanes) is 6. The van der Waals surface area contributed by atoms with Crippen LogP contribution >= 0.6 is 0 Å². The predicted octanol–water partition coefficient (Wildman–Crippen LogP) is 3.95. The highest BCUT2D eigenvalue weighted by Gasteiger charge is 2.13. The number of anilines is 1. The second-order valence-electron chi connectivity index (χ2n) is 6.02. The Bertz CT molecular complexity index is 576. The summed E-state index contributed by atoms with van der Waals surface area (Å²) in [5.41, 5.74) is 8.53. The monoisotopic (exact) mass is 303 g/mol. The van der Waals surface area contributed by atoms with E-state index in [4.69, 9.17) is 5.73 Å². The van der Waals surface area contributed by atoms with E-state index in [0.717, 1.165) is 30.5 Å². The summed E-state index contributed by atoms with van der Waals surface area (Å²) in [6, 6.07) is 0. The first-order valence-electron chi connectivity index (χ1n) is 8.74. The van der Waals surface area contributed by atoms with Crippen LogP contribution < -0.4 is 5.73 Å². The van der Waals surface area contributed by atoms with Crippen molar-refractivity contribution in [2.75, 3.05) is 5.73 Å². The standard InChI is InChI=1S/C17H29N5/c1-3-5-6-7-8-9-10-12-15-14(11-4-2)16(18)22-17(21-15)19-13-20-22/h13H,3-12,18H2,1-2H3. The zero-order valence-electron chi connectivity index (χ0n) is 14.0. The Kier molecular flexibility index (Phi) is 6.62. The van der Waals surface area contributed by atoms with Crippen molar-refractivity contribution in [1.29, 1.82) is 0 Å². The minimum atomic E-state index is 0.621. The number of rotatable bonds is 10. The Balaban J connectivity index is 1.95. The van der Waals surface area contributed by atoms with Crippen LogP contribution in [0.2, 0.25) is 0 Å². The molecule has 2 aromatic heterocycles. The molecule has 0 amide bonds. The summed E-state index contributed by atoms with van der Waals surface area (Å²) in [6.07, 6.45) is 13.7. The first-order valence-corrected chi connectivity index (χ1v) is 8.74. The zero-order chi connectivity index (χ0) is 15.8. The van der Waals surface area contributed by atoms with Crippen LogP contribution in [0.4, 0.5) is 5.82 Å². The third kappa shape index (κ3) is 4.18. The minimum absolute atomic E-state index is 0.621. The lowest BCUT2D eigenvalue weighted by molar-refractivity contribution is 0.586. The Labute approximate surface area is 133 Å². The van der Waals surface area contributed by atoms with Gasteiger partial charge in [-0.2, -0.15) is 14.6 Å². The predicted molar refractivity (Wildman–Crippen MR) is 90.9 cm³/mol. The molecular formula is C17H29N5. The fourth-order valence-corrected chi connectivity index (χ4v) is 2.92. The molecule has 2 rings (SSSR count). The van der Waals surface area contributed by atoms with Gasteiger partial charge in [-0.1, -0.05) is 58.8 Å². The number of nitrogen functional groups attached to an aromatic ring is 1. The molecule has 22 heavy (non-hydrogen) atoms. The molecule has 0 saturated carbocycles. The molecule has 0 aliphatic rings. The Morgan fingerprint density at radius 3 is 2.41 bits per heavy atom. The number of aromatic nitrogens is 4. The highest BCUT2D eigenvalue weighted by molar-refractivity contribution is 5.49. The summed E-state index contributed by atoms with van der Waals surface area (Å²) in [4.78, 5) is 8.85. The van der Waals surface area contributed by atoms with E-state index >= 15 is 0 Å². The van der Waals surface area contributed by atoms with E-state index in [1.165, 1.54) is 51.3 Å². The fourth-order valence-electron chi connectivity index (χ4n) is 2.92. The summed E-state index contributed by atoms with van der Waals surface area (Å²) in [5.74, 6) is 1.33. The average Bonchev–Trinajstić information content (AvgIpc) is 2.98. The lowest BCUT2D eigenvalue weighted by Crippen LogP contribution is -2.10. The molecule has 5 heteroatoms. The average molecular weight is 303 g/mol. The van der Waals surface area contributed by atoms with Crippen molar-refractivity contribution in [2.24, 2.45) is 0 Å². The van der Waals surface area contributed by atoms with Crippen molar-refractivity contribution in [3.63, 3.8) is 0 Å². The van der Waals surface area contributed by atoms with Gasteiger partial charge < -0.3 is 5.73 Å². The molecule has 0 bridgehead atoms. The van der Waals surface area contributed by atoms with Gasteiger partial charge in [0.05, 0.1) is 5.69 Å². The molecule has 0 radical (unpaired) electrons. The van der Waals surface area contributed by atoms with Gasteiger partial charge in [0.15, 0.2) is 0 Å². The van der Waals surface area contributed by atoms with Gasteiger partial charge in [0.2, 0.25) is 0 Å². The summed E-state index contributed by atoms with van der Waals surface area (Å²) < 4.78 is 1.65. The van der Waals surface area contributed by atoms with Crippen molar-refractivity contribution in [3.8, 4) is 0 Å². The molecule has 122 valence electrons. The Morgan fingerprint density at radius 2 is 1.68 bits per heavy atom. The van der Waals surface area contributed by atoms with Crippen LogP contribution in [0.3, 0.4) is 0 Å². The fraction of sp³-hybridized carbons (Fsp3) is 0.706. The third-order valence-electron chi connectivity index (χ3n) is 4.17. The first-order chi connectivity index (χ1) is 10.8. The molecule has 0 aliphatic heterocycles. The normalized spacial score (nSPS) is 11.4. The number of hydrogen-bond donors (Lipinski definition) is 1. The lowest BCUT2D eigenvalue weighted by atomic mass is 10.0. The summed E-state index contributed by atoms with van der Waals surface area (Å²) >= 11 is 0. The van der Waals surface area contributed by atoms with Gasteiger partial charge in [-0.15, -0.1) is 0 Å². The molecular weight excluding hydrogens is 274 g/mol. The third-order valence-corrected chi connectivity index (χ3v) is 4.17. The van der Waals surface area contributed by atoms with Crippen LogP contribution in [0.15, 0.2) is 6.33 Å². The van der Waals surface area contributed by atoms with E-state index in [2.05, 4.69) is 28.9 Å². The largest absolute Gasteiger partial charge is 0.383 e. The highest BCUT2D eigenvalue weighted by atomic mass is 15.3. The smallest absolute Gasteiger partial charge is 0.254 e. The summed E-state index contributed by atoms with van der Waals surface area (Å²) in [6.45, 7) is 4.43. The number of nitrogens with zero attached hydrogens (tertiary/aromatic N) is 4. The van der Waals surface area contributed by atoms with Crippen LogP contribution in [0.1, 0.15) is 76.5 Å². The molecule has 5 nitrogen and oxygen atoms in total. The molecule has 0 saturated heterocycles. The SMILES string of the molecule is CCCCCCCCCc1nc2ncnn2c(N)c1CCC. The summed E-state index contributed by atoms with van der Waals surface area (Å²) in [5, 5.41) is 4.16. The highest BCUT2D eigenvalue weighted by Crippen LogP contribution is 2.20. The molecule has 0 fully saturated rings. The van der Waals surface area contributed by atoms with Gasteiger partial charge in [-0.3, -0.25) is 0 Å². The number of hydrogen-bond acceptors (Lipinski definition) is 4. The number of nitrogens with two attached hydrogens (primary N) is 1. The van der Waals surface area contributed by atoms with E-state index in [9.17, 15) is 0 Å². The van der Waals surface area contributed by atoms with Gasteiger partial charge in [-0.25, -0.2) is 4.98 Å². The van der Waals surface area contributed by atoms with E-state index in [1.807, 2.05) is 0 Å². The molecule has 0 atom stereocenters. The zero-order valence-corrected chi connectivity index (χ0v) is 14.0. The number of fused-ring (bicyclic) bond motifs is 1. The van der Waals surface area contributed by atoms with Gasteiger partial charge in [0.25, 0.3) is 5.78 Å². The molecule has 0 spiro atoms. The van der Waals surface area contributed by atoms with Crippen molar-refractivity contribution < 1.29 is 0 Å². The van der Waals surface area contributed by atoms with Crippen LogP contribution in [-0.2, 0) is 12.8 Å². The molecule has 0 aromatic carbocycles. The molecule has 0 unspecified atom stereocenters. The molecule has 2 heterocycles. The quantitative estimate of drug-likeness (QED) is 0.675. The second-order valence-corrected chi connectivity index (χ2v) is 6.02. The van der Waals surface area contributed by atoms with Crippen LogP contribution in [-0.4, -0.2) is 19.6 Å². The van der Waals surface area contributed by atoms with Crippen LogP contribution in [0.25, 0.3) is 5.78 Å². The second kappa shape index (κ2) is 8.71. The van der Waals surface area contributed by atoms with E-state index < -0.39 is 0 Å². The minimum Gasteiger partial charge on any atom is -0.383 e. The van der Waals surface area contributed by atoms with Crippen LogP contribution in [0.5, 0.6) is 0 Å². The van der Waals surface area contributed by atoms with E-state index in [0.29, 0.717) is 11.6 Å². The Morgan fingerprint density at radius 1 is 0.955 bits per heavy atom. The van der Waals surface area contributed by atoms with Gasteiger partial charge in [-0.05, 0) is 19.3 Å². The van der Waals surface area contributed by atoms with E-state index in [1.54, 1.807) is 4.52 Å². The maximum absolute atomic E-state index is 6.26. The molecule has 2 N–H and O–H groups in total. The topological polar surface area (TPSA) is 69.1 Å². The van der Waals surface area contributed by atoms with Crippen molar-refractivity contribution in [1.82, 2.24) is 19.6 Å². The molecule has 2 aromatic rings. The van der Waals surface area contributed by atoms with Gasteiger partial charge in [0.1, 0.15) is 12.1 Å². The first kappa shape index (κ1) is 16.7. The van der Waals surface area contributed by atoms with Crippen LogP contribution in [0, 0.1) is 0 Å². The maximum atomic E-state index is 6.26. The molecule has 0 aliphatic carbocycles. The van der Waals surface area contributed by atoms with Crippen molar-refractivity contribution in [3.05, 3.63) is 17.6 Å². The Hall–Kier alpha value is -1.65. The van der Waals surface area contributed by atoms with Crippen molar-refractivity contribution in [2.45, 2.75) is 78.1 Å². The van der Waals surface area contributed by atoms with Gasteiger partial charge in [0, 0.05) is 5.56 Å². The summed E-state index contributed by atoms with van der Waals surface area (Å²) in [7, 11) is 0. The van der Waals surface area contributed by atoms with E-state index in [-0.39, 0.29) is 0 Å². The lowest BCUT2D eigenvalue weighted by Gasteiger charge is -2.12. The van der Waals surface area contributed by atoms with Gasteiger partial charge >= 0.3 is 0 Å². The van der Waals surface area contributed by atoms with Crippen molar-refractivity contribution >= 4 is 11.6 Å².